The van der Waals surface area contributed by atoms with Crippen molar-refractivity contribution in [2.45, 2.75) is 31.8 Å². The normalized spacial score (nSPS) is 11.5. The second kappa shape index (κ2) is 7.23. The highest BCUT2D eigenvalue weighted by atomic mass is 16.4. The summed E-state index contributed by atoms with van der Waals surface area (Å²) in [4.78, 5) is 10.8. The van der Waals surface area contributed by atoms with Crippen molar-refractivity contribution >= 4 is 5.97 Å². The van der Waals surface area contributed by atoms with Crippen LogP contribution in [0.2, 0.25) is 0 Å². The lowest BCUT2D eigenvalue weighted by atomic mass is 9.97. The molecule has 1 aromatic carbocycles. The number of hydrogen-bond acceptors (Lipinski definition) is 4. The predicted molar refractivity (Wildman–Crippen MR) is 71.8 cm³/mol. The fraction of sp³-hybridized carbons (Fsp3) is 0.500. The Morgan fingerprint density at radius 2 is 1.79 bits per heavy atom. The lowest BCUT2D eigenvalue weighted by Crippen LogP contribution is -2.50. The standard InChI is InChI=1S/C14H21NO4/c1-2-14(9-16,10-17)15-8-12-6-4-3-5-11(12)7-13(18)19/h3-6,15-17H,2,7-10H2,1H3,(H,18,19). The molecule has 0 fully saturated rings. The third-order valence-corrected chi connectivity index (χ3v) is 3.40. The molecule has 0 aromatic heterocycles. The molecule has 1 rings (SSSR count). The molecule has 0 aliphatic carbocycles. The molecule has 4 N–H and O–H groups in total. The number of aliphatic hydroxyl groups excluding tert-OH is 2. The third kappa shape index (κ3) is 4.31. The fourth-order valence-corrected chi connectivity index (χ4v) is 1.86. The number of hydrogen-bond donors (Lipinski definition) is 4. The fourth-order valence-electron chi connectivity index (χ4n) is 1.86. The SMILES string of the molecule is CCC(CO)(CO)NCc1ccccc1CC(=O)O. The van der Waals surface area contributed by atoms with Crippen LogP contribution in [0, 0.1) is 0 Å². The topological polar surface area (TPSA) is 89.8 Å². The smallest absolute Gasteiger partial charge is 0.307 e. The quantitative estimate of drug-likeness (QED) is 0.552. The van der Waals surface area contributed by atoms with Crippen LogP contribution in [0.1, 0.15) is 24.5 Å². The van der Waals surface area contributed by atoms with E-state index >= 15 is 0 Å². The second-order valence-corrected chi connectivity index (χ2v) is 4.64. The number of carbonyl (C=O) groups is 1. The van der Waals surface area contributed by atoms with Gasteiger partial charge in [-0.05, 0) is 17.5 Å². The summed E-state index contributed by atoms with van der Waals surface area (Å²) in [7, 11) is 0. The molecule has 0 atom stereocenters. The summed E-state index contributed by atoms with van der Waals surface area (Å²) < 4.78 is 0. The van der Waals surface area contributed by atoms with Crippen LogP contribution in [-0.2, 0) is 17.8 Å². The molecule has 0 aliphatic rings. The largest absolute Gasteiger partial charge is 0.481 e. The van der Waals surface area contributed by atoms with Crippen LogP contribution in [0.25, 0.3) is 0 Å². The van der Waals surface area contributed by atoms with Crippen LogP contribution in [0.15, 0.2) is 24.3 Å². The zero-order chi connectivity index (χ0) is 14.3. The summed E-state index contributed by atoms with van der Waals surface area (Å²) in [5.41, 5.74) is 0.879. The summed E-state index contributed by atoms with van der Waals surface area (Å²) in [6.45, 7) is 1.96. The third-order valence-electron chi connectivity index (χ3n) is 3.40. The molecule has 0 saturated carbocycles. The van der Waals surface area contributed by atoms with Crippen molar-refractivity contribution in [3.63, 3.8) is 0 Å². The maximum atomic E-state index is 10.8. The monoisotopic (exact) mass is 267 g/mol. The minimum absolute atomic E-state index is 0.0325. The van der Waals surface area contributed by atoms with Gasteiger partial charge in [-0.1, -0.05) is 31.2 Å². The molecule has 0 heterocycles. The molecule has 0 radical (unpaired) electrons. The predicted octanol–water partition coefficient (Wildman–Crippen LogP) is 0.537. The average molecular weight is 267 g/mol. The highest BCUT2D eigenvalue weighted by Gasteiger charge is 2.25. The van der Waals surface area contributed by atoms with Crippen molar-refractivity contribution < 1.29 is 20.1 Å². The first-order valence-electron chi connectivity index (χ1n) is 6.32. The second-order valence-electron chi connectivity index (χ2n) is 4.64. The number of carboxylic acid groups (broad SMARTS) is 1. The molecular weight excluding hydrogens is 246 g/mol. The van der Waals surface area contributed by atoms with Gasteiger partial charge in [0.05, 0.1) is 25.2 Å². The van der Waals surface area contributed by atoms with Gasteiger partial charge in [0.25, 0.3) is 0 Å². The molecule has 19 heavy (non-hydrogen) atoms. The van der Waals surface area contributed by atoms with Gasteiger partial charge < -0.3 is 20.6 Å². The van der Waals surface area contributed by atoms with Crippen LogP contribution < -0.4 is 5.32 Å². The van der Waals surface area contributed by atoms with Gasteiger partial charge >= 0.3 is 5.97 Å². The van der Waals surface area contributed by atoms with Gasteiger partial charge in [0.15, 0.2) is 0 Å². The van der Waals surface area contributed by atoms with E-state index in [0.717, 1.165) is 11.1 Å². The Balaban J connectivity index is 2.79. The van der Waals surface area contributed by atoms with E-state index < -0.39 is 11.5 Å². The Labute approximate surface area is 112 Å². The van der Waals surface area contributed by atoms with E-state index in [-0.39, 0.29) is 19.6 Å². The Hall–Kier alpha value is -1.43. The maximum Gasteiger partial charge on any atom is 0.307 e. The molecule has 106 valence electrons. The first kappa shape index (κ1) is 15.6. The summed E-state index contributed by atoms with van der Waals surface area (Å²) in [5.74, 6) is -0.876. The van der Waals surface area contributed by atoms with E-state index in [2.05, 4.69) is 5.32 Å². The van der Waals surface area contributed by atoms with Gasteiger partial charge in [-0.25, -0.2) is 0 Å². The Kier molecular flexibility index (Phi) is 5.95. The summed E-state index contributed by atoms with van der Waals surface area (Å²) in [6.07, 6.45) is 0.552. The van der Waals surface area contributed by atoms with Gasteiger partial charge in [0, 0.05) is 6.54 Å². The molecular formula is C14H21NO4. The minimum atomic E-state index is -0.876. The number of carboxylic acids is 1. The molecule has 0 aliphatic heterocycles. The van der Waals surface area contributed by atoms with Crippen LogP contribution in [0.5, 0.6) is 0 Å². The highest BCUT2D eigenvalue weighted by Crippen LogP contribution is 2.14. The number of aliphatic carboxylic acids is 1. The molecule has 0 bridgehead atoms. The molecule has 0 amide bonds. The number of nitrogens with one attached hydrogen (secondary N) is 1. The summed E-state index contributed by atoms with van der Waals surface area (Å²) in [6, 6.07) is 7.26. The lowest BCUT2D eigenvalue weighted by molar-refractivity contribution is -0.136. The van der Waals surface area contributed by atoms with Crippen molar-refractivity contribution in [1.82, 2.24) is 5.32 Å². The Morgan fingerprint density at radius 3 is 2.26 bits per heavy atom. The average Bonchev–Trinajstić information content (AvgIpc) is 2.42. The van der Waals surface area contributed by atoms with Gasteiger partial charge in [-0.15, -0.1) is 0 Å². The molecule has 0 spiro atoms. The van der Waals surface area contributed by atoms with E-state index in [1.807, 2.05) is 19.1 Å². The molecule has 5 heteroatoms. The first-order valence-corrected chi connectivity index (χ1v) is 6.32. The van der Waals surface area contributed by atoms with E-state index in [0.29, 0.717) is 13.0 Å². The van der Waals surface area contributed by atoms with Crippen LogP contribution in [0.4, 0.5) is 0 Å². The van der Waals surface area contributed by atoms with Crippen LogP contribution in [0.3, 0.4) is 0 Å². The summed E-state index contributed by atoms with van der Waals surface area (Å²) >= 11 is 0. The number of rotatable bonds is 8. The molecule has 5 nitrogen and oxygen atoms in total. The van der Waals surface area contributed by atoms with Crippen LogP contribution in [-0.4, -0.2) is 40.0 Å². The van der Waals surface area contributed by atoms with Crippen LogP contribution >= 0.6 is 0 Å². The Morgan fingerprint density at radius 1 is 1.21 bits per heavy atom. The highest BCUT2D eigenvalue weighted by molar-refractivity contribution is 5.70. The van der Waals surface area contributed by atoms with E-state index in [9.17, 15) is 15.0 Å². The van der Waals surface area contributed by atoms with Crippen molar-refractivity contribution in [1.29, 1.82) is 0 Å². The van der Waals surface area contributed by atoms with Gasteiger partial charge in [-0.3, -0.25) is 4.79 Å². The van der Waals surface area contributed by atoms with Gasteiger partial charge in [-0.2, -0.15) is 0 Å². The number of aliphatic hydroxyl groups is 2. The summed E-state index contributed by atoms with van der Waals surface area (Å²) in [5, 5.41) is 30.7. The van der Waals surface area contributed by atoms with Crippen molar-refractivity contribution in [2.24, 2.45) is 0 Å². The zero-order valence-electron chi connectivity index (χ0n) is 11.1. The van der Waals surface area contributed by atoms with Crippen molar-refractivity contribution in [3.05, 3.63) is 35.4 Å². The van der Waals surface area contributed by atoms with E-state index in [1.165, 1.54) is 0 Å². The lowest BCUT2D eigenvalue weighted by Gasteiger charge is -2.30. The van der Waals surface area contributed by atoms with E-state index in [1.54, 1.807) is 12.1 Å². The Bertz CT molecular complexity index is 407. The van der Waals surface area contributed by atoms with Crippen molar-refractivity contribution in [3.8, 4) is 0 Å². The van der Waals surface area contributed by atoms with Gasteiger partial charge in [0.2, 0.25) is 0 Å². The number of benzene rings is 1. The molecule has 1 aromatic rings. The molecule has 0 unspecified atom stereocenters. The van der Waals surface area contributed by atoms with Crippen molar-refractivity contribution in [2.75, 3.05) is 13.2 Å². The van der Waals surface area contributed by atoms with E-state index in [4.69, 9.17) is 5.11 Å². The minimum Gasteiger partial charge on any atom is -0.481 e. The molecule has 0 saturated heterocycles. The first-order chi connectivity index (χ1) is 9.06. The van der Waals surface area contributed by atoms with Gasteiger partial charge in [0.1, 0.15) is 0 Å². The maximum absolute atomic E-state index is 10.8. The zero-order valence-corrected chi connectivity index (χ0v) is 11.1.